The van der Waals surface area contributed by atoms with E-state index in [1.807, 2.05) is 0 Å². The Morgan fingerprint density at radius 1 is 1.41 bits per heavy atom. The van der Waals surface area contributed by atoms with E-state index >= 15 is 0 Å². The molecule has 1 aliphatic rings. The maximum Gasteiger partial charge on any atom is 0.411 e. The standard InChI is InChI=1S/C11H12Cl2N2O2/c12-9-2-1-7(5-10(9)13)15-11(16)17-8-3-4-14-6-8/h1-2,5,8,14H,3-4,6H2,(H,15,16). The fourth-order valence-electron chi connectivity index (χ4n) is 1.60. The van der Waals surface area contributed by atoms with Crippen LogP contribution in [-0.2, 0) is 4.74 Å². The lowest BCUT2D eigenvalue weighted by molar-refractivity contribution is 0.121. The van der Waals surface area contributed by atoms with Crippen molar-refractivity contribution in [3.05, 3.63) is 28.2 Å². The van der Waals surface area contributed by atoms with Crippen LogP contribution in [0.1, 0.15) is 6.42 Å². The summed E-state index contributed by atoms with van der Waals surface area (Å²) in [5.74, 6) is 0. The van der Waals surface area contributed by atoms with Crippen LogP contribution in [0.3, 0.4) is 0 Å². The summed E-state index contributed by atoms with van der Waals surface area (Å²) >= 11 is 11.6. The molecule has 0 spiro atoms. The van der Waals surface area contributed by atoms with Crippen molar-refractivity contribution < 1.29 is 9.53 Å². The summed E-state index contributed by atoms with van der Waals surface area (Å²) in [5, 5.41) is 6.56. The largest absolute Gasteiger partial charge is 0.445 e. The molecule has 1 atom stereocenters. The zero-order chi connectivity index (χ0) is 12.3. The molecule has 1 amide bonds. The number of nitrogens with one attached hydrogen (secondary N) is 2. The molecule has 0 aliphatic carbocycles. The molecule has 1 aromatic rings. The van der Waals surface area contributed by atoms with Gasteiger partial charge in [-0.25, -0.2) is 4.79 Å². The van der Waals surface area contributed by atoms with Gasteiger partial charge >= 0.3 is 6.09 Å². The summed E-state index contributed by atoms with van der Waals surface area (Å²) < 4.78 is 5.20. The number of ether oxygens (including phenoxy) is 1. The molecular formula is C11H12Cl2N2O2. The Bertz CT molecular complexity index is 420. The Labute approximate surface area is 109 Å². The van der Waals surface area contributed by atoms with Gasteiger partial charge in [0.2, 0.25) is 0 Å². The molecule has 2 N–H and O–H groups in total. The second-order valence-corrected chi connectivity index (χ2v) is 4.59. The third-order valence-electron chi connectivity index (χ3n) is 2.45. The average molecular weight is 275 g/mol. The van der Waals surface area contributed by atoms with Crippen LogP contribution in [0, 0.1) is 0 Å². The molecular weight excluding hydrogens is 263 g/mol. The number of halogens is 2. The van der Waals surface area contributed by atoms with Gasteiger partial charge in [-0.1, -0.05) is 23.2 Å². The minimum Gasteiger partial charge on any atom is -0.445 e. The highest BCUT2D eigenvalue weighted by Crippen LogP contribution is 2.25. The fourth-order valence-corrected chi connectivity index (χ4v) is 1.90. The van der Waals surface area contributed by atoms with Gasteiger partial charge in [-0.2, -0.15) is 0 Å². The number of anilines is 1. The molecule has 92 valence electrons. The van der Waals surface area contributed by atoms with Crippen LogP contribution in [0.2, 0.25) is 10.0 Å². The Morgan fingerprint density at radius 2 is 2.24 bits per heavy atom. The lowest BCUT2D eigenvalue weighted by Crippen LogP contribution is -2.24. The summed E-state index contributed by atoms with van der Waals surface area (Å²) in [5.41, 5.74) is 0.565. The van der Waals surface area contributed by atoms with Crippen molar-refractivity contribution in [3.8, 4) is 0 Å². The van der Waals surface area contributed by atoms with Crippen LogP contribution < -0.4 is 10.6 Å². The molecule has 6 heteroatoms. The number of benzene rings is 1. The highest BCUT2D eigenvalue weighted by molar-refractivity contribution is 6.42. The Balaban J connectivity index is 1.90. The summed E-state index contributed by atoms with van der Waals surface area (Å²) in [6.07, 6.45) is 0.310. The van der Waals surface area contributed by atoms with Crippen LogP contribution in [0.5, 0.6) is 0 Å². The smallest absolute Gasteiger partial charge is 0.411 e. The zero-order valence-electron chi connectivity index (χ0n) is 9.00. The van der Waals surface area contributed by atoms with Gasteiger partial charge in [0.25, 0.3) is 0 Å². The first kappa shape index (κ1) is 12.5. The third-order valence-corrected chi connectivity index (χ3v) is 3.19. The van der Waals surface area contributed by atoms with Gasteiger partial charge in [0.15, 0.2) is 0 Å². The van der Waals surface area contributed by atoms with E-state index in [0.29, 0.717) is 22.3 Å². The third kappa shape index (κ3) is 3.49. The normalized spacial score (nSPS) is 19.1. The maximum atomic E-state index is 11.5. The Kier molecular flexibility index (Phi) is 4.10. The first-order chi connectivity index (χ1) is 8.15. The van der Waals surface area contributed by atoms with E-state index in [1.165, 1.54) is 0 Å². The van der Waals surface area contributed by atoms with Crippen molar-refractivity contribution in [2.24, 2.45) is 0 Å². The van der Waals surface area contributed by atoms with Crippen molar-refractivity contribution in [1.82, 2.24) is 5.32 Å². The molecule has 2 rings (SSSR count). The Hall–Kier alpha value is -0.970. The van der Waals surface area contributed by atoms with Crippen molar-refractivity contribution in [3.63, 3.8) is 0 Å². The van der Waals surface area contributed by atoms with E-state index in [2.05, 4.69) is 10.6 Å². The molecule has 1 saturated heterocycles. The maximum absolute atomic E-state index is 11.5. The van der Waals surface area contributed by atoms with E-state index in [-0.39, 0.29) is 6.10 Å². The van der Waals surface area contributed by atoms with Gasteiger partial charge in [-0.15, -0.1) is 0 Å². The molecule has 1 unspecified atom stereocenters. The highest BCUT2D eigenvalue weighted by atomic mass is 35.5. The van der Waals surface area contributed by atoms with Crippen molar-refractivity contribution >= 4 is 35.0 Å². The molecule has 4 nitrogen and oxygen atoms in total. The van der Waals surface area contributed by atoms with Gasteiger partial charge in [-0.05, 0) is 31.2 Å². The Morgan fingerprint density at radius 3 is 2.88 bits per heavy atom. The fraction of sp³-hybridized carbons (Fsp3) is 0.364. The first-order valence-corrected chi connectivity index (χ1v) is 6.04. The van der Waals surface area contributed by atoms with Crippen molar-refractivity contribution in [2.45, 2.75) is 12.5 Å². The van der Waals surface area contributed by atoms with Crippen LogP contribution in [0.25, 0.3) is 0 Å². The second-order valence-electron chi connectivity index (χ2n) is 3.77. The highest BCUT2D eigenvalue weighted by Gasteiger charge is 2.18. The second kappa shape index (κ2) is 5.58. The average Bonchev–Trinajstić information content (AvgIpc) is 2.76. The van der Waals surface area contributed by atoms with E-state index in [9.17, 15) is 4.79 Å². The minimum absolute atomic E-state index is 0.0576. The van der Waals surface area contributed by atoms with Gasteiger partial charge < -0.3 is 10.1 Å². The summed E-state index contributed by atoms with van der Waals surface area (Å²) in [6, 6.07) is 4.87. The quantitative estimate of drug-likeness (QED) is 0.872. The van der Waals surface area contributed by atoms with Crippen molar-refractivity contribution in [2.75, 3.05) is 18.4 Å². The number of amides is 1. The zero-order valence-corrected chi connectivity index (χ0v) is 10.5. The van der Waals surface area contributed by atoms with Crippen molar-refractivity contribution in [1.29, 1.82) is 0 Å². The number of carbonyl (C=O) groups excluding carboxylic acids is 1. The van der Waals surface area contributed by atoms with E-state index in [0.717, 1.165) is 13.0 Å². The van der Waals surface area contributed by atoms with Gasteiger partial charge in [-0.3, -0.25) is 5.32 Å². The molecule has 1 heterocycles. The number of rotatable bonds is 2. The van der Waals surface area contributed by atoms with E-state index in [4.69, 9.17) is 27.9 Å². The van der Waals surface area contributed by atoms with E-state index < -0.39 is 6.09 Å². The predicted molar refractivity (Wildman–Crippen MR) is 67.8 cm³/mol. The minimum atomic E-state index is -0.475. The van der Waals surface area contributed by atoms with Gasteiger partial charge in [0.05, 0.1) is 10.0 Å². The topological polar surface area (TPSA) is 50.4 Å². The molecule has 1 aliphatic heterocycles. The SMILES string of the molecule is O=C(Nc1ccc(Cl)c(Cl)c1)OC1CCNC1. The van der Waals surface area contributed by atoms with Crippen LogP contribution >= 0.6 is 23.2 Å². The first-order valence-electron chi connectivity index (χ1n) is 5.28. The lowest BCUT2D eigenvalue weighted by Gasteiger charge is -2.12. The van der Waals surface area contributed by atoms with Gasteiger partial charge in [0.1, 0.15) is 6.10 Å². The molecule has 0 bridgehead atoms. The van der Waals surface area contributed by atoms with Crippen LogP contribution in [-0.4, -0.2) is 25.3 Å². The molecule has 1 fully saturated rings. The number of hydrogen-bond acceptors (Lipinski definition) is 3. The van der Waals surface area contributed by atoms with Crippen LogP contribution in [0.15, 0.2) is 18.2 Å². The molecule has 1 aromatic carbocycles. The molecule has 0 aromatic heterocycles. The summed E-state index contributed by atoms with van der Waals surface area (Å²) in [6.45, 7) is 1.58. The molecule has 17 heavy (non-hydrogen) atoms. The molecule has 0 saturated carbocycles. The van der Waals surface area contributed by atoms with Crippen LogP contribution in [0.4, 0.5) is 10.5 Å². The van der Waals surface area contributed by atoms with E-state index in [1.54, 1.807) is 18.2 Å². The molecule has 0 radical (unpaired) electrons. The number of carbonyl (C=O) groups is 1. The van der Waals surface area contributed by atoms with Gasteiger partial charge in [0, 0.05) is 12.2 Å². The predicted octanol–water partition coefficient (Wildman–Crippen LogP) is 2.90. The summed E-state index contributed by atoms with van der Waals surface area (Å²) in [7, 11) is 0. The lowest BCUT2D eigenvalue weighted by atomic mass is 10.3. The number of hydrogen-bond donors (Lipinski definition) is 2. The monoisotopic (exact) mass is 274 g/mol. The summed E-state index contributed by atoms with van der Waals surface area (Å²) in [4.78, 5) is 11.5.